The van der Waals surface area contributed by atoms with Crippen molar-refractivity contribution in [3.63, 3.8) is 0 Å². The maximum atomic E-state index is 12.0. The van der Waals surface area contributed by atoms with Crippen LogP contribution < -0.4 is 5.73 Å². The maximum Gasteiger partial charge on any atom is 0.240 e. The van der Waals surface area contributed by atoms with Crippen LogP contribution >= 0.6 is 0 Å². The predicted molar refractivity (Wildman–Crippen MR) is 57.8 cm³/mol. The molecule has 1 aliphatic heterocycles. The van der Waals surface area contributed by atoms with Crippen LogP contribution in [0.2, 0.25) is 0 Å². The number of nitriles is 1. The van der Waals surface area contributed by atoms with E-state index in [-0.39, 0.29) is 17.9 Å². The van der Waals surface area contributed by atoms with E-state index in [9.17, 15) is 4.79 Å². The lowest BCUT2D eigenvalue weighted by atomic mass is 9.99. The molecule has 0 spiro atoms. The number of carbonyl (C=O) groups excluding carboxylic acids is 1. The highest BCUT2D eigenvalue weighted by atomic mass is 16.2. The molecular formula is C11H19N3O. The van der Waals surface area contributed by atoms with Crippen LogP contribution in [-0.4, -0.2) is 29.4 Å². The van der Waals surface area contributed by atoms with Gasteiger partial charge < -0.3 is 10.6 Å². The number of nitrogens with zero attached hydrogens (tertiary/aromatic N) is 2. The quantitative estimate of drug-likeness (QED) is 0.750. The van der Waals surface area contributed by atoms with E-state index >= 15 is 0 Å². The molecule has 1 fully saturated rings. The van der Waals surface area contributed by atoms with Crippen LogP contribution in [0.4, 0.5) is 0 Å². The number of amides is 1. The summed E-state index contributed by atoms with van der Waals surface area (Å²) in [5, 5.41) is 8.88. The minimum atomic E-state index is -0.455. The minimum absolute atomic E-state index is 0.0617. The topological polar surface area (TPSA) is 70.1 Å². The highest BCUT2D eigenvalue weighted by molar-refractivity contribution is 5.82. The van der Waals surface area contributed by atoms with Gasteiger partial charge in [0.2, 0.25) is 5.91 Å². The van der Waals surface area contributed by atoms with Gasteiger partial charge in [-0.05, 0) is 18.8 Å². The second-order valence-electron chi connectivity index (χ2n) is 4.23. The zero-order chi connectivity index (χ0) is 11.4. The van der Waals surface area contributed by atoms with Crippen LogP contribution in [0.25, 0.3) is 0 Å². The molecule has 0 aromatic rings. The third-order valence-electron chi connectivity index (χ3n) is 3.23. The van der Waals surface area contributed by atoms with E-state index in [2.05, 4.69) is 6.07 Å². The first kappa shape index (κ1) is 12.0. The van der Waals surface area contributed by atoms with Gasteiger partial charge in [0.25, 0.3) is 0 Å². The van der Waals surface area contributed by atoms with Crippen LogP contribution in [0.15, 0.2) is 0 Å². The molecule has 1 saturated heterocycles. The fourth-order valence-corrected chi connectivity index (χ4v) is 1.85. The summed E-state index contributed by atoms with van der Waals surface area (Å²) < 4.78 is 0. The SMILES string of the molecule is CC[C@H](C)C(N)C(=O)N1CCC[C@H]1C#N. The fourth-order valence-electron chi connectivity index (χ4n) is 1.85. The number of hydrogen-bond acceptors (Lipinski definition) is 3. The molecule has 0 aliphatic carbocycles. The van der Waals surface area contributed by atoms with Gasteiger partial charge in [-0.3, -0.25) is 4.79 Å². The third-order valence-corrected chi connectivity index (χ3v) is 3.23. The first-order chi connectivity index (χ1) is 7.11. The van der Waals surface area contributed by atoms with E-state index < -0.39 is 6.04 Å². The second kappa shape index (κ2) is 5.13. The first-order valence-electron chi connectivity index (χ1n) is 5.57. The normalized spacial score (nSPS) is 24.7. The van der Waals surface area contributed by atoms with Crippen molar-refractivity contribution in [3.05, 3.63) is 0 Å². The van der Waals surface area contributed by atoms with Crippen molar-refractivity contribution < 1.29 is 4.79 Å². The average molecular weight is 209 g/mol. The van der Waals surface area contributed by atoms with Gasteiger partial charge in [0.15, 0.2) is 0 Å². The molecule has 15 heavy (non-hydrogen) atoms. The molecule has 0 saturated carbocycles. The maximum absolute atomic E-state index is 12.0. The summed E-state index contributed by atoms with van der Waals surface area (Å²) in [6.07, 6.45) is 2.59. The lowest BCUT2D eigenvalue weighted by Gasteiger charge is -2.26. The largest absolute Gasteiger partial charge is 0.325 e. The Bertz CT molecular complexity index is 271. The van der Waals surface area contributed by atoms with Gasteiger partial charge in [-0.25, -0.2) is 0 Å². The molecule has 0 radical (unpaired) electrons. The summed E-state index contributed by atoms with van der Waals surface area (Å²) in [6.45, 7) is 4.67. The summed E-state index contributed by atoms with van der Waals surface area (Å²) >= 11 is 0. The Morgan fingerprint density at radius 1 is 1.73 bits per heavy atom. The minimum Gasteiger partial charge on any atom is -0.325 e. The highest BCUT2D eigenvalue weighted by Gasteiger charge is 2.33. The molecule has 0 aromatic carbocycles. The fraction of sp³-hybridized carbons (Fsp3) is 0.818. The molecule has 1 rings (SSSR count). The summed E-state index contributed by atoms with van der Waals surface area (Å²) in [4.78, 5) is 13.6. The van der Waals surface area contributed by atoms with Crippen molar-refractivity contribution >= 4 is 5.91 Å². The van der Waals surface area contributed by atoms with E-state index in [4.69, 9.17) is 11.0 Å². The lowest BCUT2D eigenvalue weighted by Crippen LogP contribution is -2.48. The molecule has 1 amide bonds. The number of rotatable bonds is 3. The van der Waals surface area contributed by atoms with E-state index in [1.807, 2.05) is 13.8 Å². The van der Waals surface area contributed by atoms with Crippen molar-refractivity contribution in [1.29, 1.82) is 5.26 Å². The monoisotopic (exact) mass is 209 g/mol. The van der Waals surface area contributed by atoms with E-state index in [1.165, 1.54) is 0 Å². The van der Waals surface area contributed by atoms with Crippen LogP contribution in [0.1, 0.15) is 33.1 Å². The zero-order valence-corrected chi connectivity index (χ0v) is 9.44. The molecule has 1 aliphatic rings. The molecule has 1 unspecified atom stereocenters. The van der Waals surface area contributed by atoms with Crippen LogP contribution in [0.3, 0.4) is 0 Å². The van der Waals surface area contributed by atoms with Crippen molar-refractivity contribution in [2.75, 3.05) is 6.54 Å². The lowest BCUT2D eigenvalue weighted by molar-refractivity contribution is -0.133. The zero-order valence-electron chi connectivity index (χ0n) is 9.44. The van der Waals surface area contributed by atoms with Gasteiger partial charge in [-0.15, -0.1) is 0 Å². The summed E-state index contributed by atoms with van der Waals surface area (Å²) in [7, 11) is 0. The van der Waals surface area contributed by atoms with Gasteiger partial charge in [-0.2, -0.15) is 5.26 Å². The summed E-state index contributed by atoms with van der Waals surface area (Å²) in [5.41, 5.74) is 5.87. The second-order valence-corrected chi connectivity index (χ2v) is 4.23. The first-order valence-corrected chi connectivity index (χ1v) is 5.57. The number of nitrogens with two attached hydrogens (primary N) is 1. The van der Waals surface area contributed by atoms with Crippen LogP contribution in [0, 0.1) is 17.2 Å². The van der Waals surface area contributed by atoms with Gasteiger partial charge in [-0.1, -0.05) is 20.3 Å². The molecule has 2 N–H and O–H groups in total. The Morgan fingerprint density at radius 2 is 2.40 bits per heavy atom. The van der Waals surface area contributed by atoms with E-state index in [1.54, 1.807) is 4.90 Å². The molecule has 1 heterocycles. The Kier molecular flexibility index (Phi) is 4.10. The summed E-state index contributed by atoms with van der Waals surface area (Å²) in [6, 6.07) is 1.44. The average Bonchev–Trinajstić information content (AvgIpc) is 2.73. The van der Waals surface area contributed by atoms with Gasteiger partial charge >= 0.3 is 0 Å². The Balaban J connectivity index is 2.64. The Hall–Kier alpha value is -1.08. The molecule has 3 atom stereocenters. The molecule has 84 valence electrons. The van der Waals surface area contributed by atoms with Crippen molar-refractivity contribution in [3.8, 4) is 6.07 Å². The summed E-state index contributed by atoms with van der Waals surface area (Å²) in [5.74, 6) is 0.117. The smallest absolute Gasteiger partial charge is 0.240 e. The highest BCUT2D eigenvalue weighted by Crippen LogP contribution is 2.19. The predicted octanol–water partition coefficient (Wildman–Crippen LogP) is 0.874. The number of likely N-dealkylation sites (tertiary alicyclic amines) is 1. The third kappa shape index (κ3) is 2.48. The number of carbonyl (C=O) groups is 1. The molecular weight excluding hydrogens is 190 g/mol. The van der Waals surface area contributed by atoms with Crippen LogP contribution in [-0.2, 0) is 4.79 Å². The number of hydrogen-bond donors (Lipinski definition) is 1. The van der Waals surface area contributed by atoms with Crippen LogP contribution in [0.5, 0.6) is 0 Å². The molecule has 4 heteroatoms. The standard InChI is InChI=1S/C11H19N3O/c1-3-8(2)10(13)11(15)14-6-4-5-9(14)7-12/h8-10H,3-6,13H2,1-2H3/t8-,9-,10?/m0/s1. The molecule has 4 nitrogen and oxygen atoms in total. The van der Waals surface area contributed by atoms with Crippen molar-refractivity contribution in [2.24, 2.45) is 11.7 Å². The van der Waals surface area contributed by atoms with Crippen molar-refractivity contribution in [1.82, 2.24) is 4.90 Å². The Labute approximate surface area is 91.0 Å². The van der Waals surface area contributed by atoms with Gasteiger partial charge in [0.1, 0.15) is 6.04 Å². The molecule has 0 aromatic heterocycles. The van der Waals surface area contributed by atoms with Gasteiger partial charge in [0.05, 0.1) is 12.1 Å². The van der Waals surface area contributed by atoms with E-state index in [0.717, 1.165) is 19.3 Å². The molecule has 0 bridgehead atoms. The van der Waals surface area contributed by atoms with Gasteiger partial charge in [0, 0.05) is 6.54 Å². The van der Waals surface area contributed by atoms with Crippen molar-refractivity contribution in [2.45, 2.75) is 45.2 Å². The Morgan fingerprint density at radius 3 is 2.93 bits per heavy atom. The van der Waals surface area contributed by atoms with E-state index in [0.29, 0.717) is 6.54 Å².